The van der Waals surface area contributed by atoms with Crippen LogP contribution in [-0.2, 0) is 21.2 Å². The zero-order valence-corrected chi connectivity index (χ0v) is 18.6. The van der Waals surface area contributed by atoms with Crippen molar-refractivity contribution in [3.63, 3.8) is 0 Å². The molecule has 0 aliphatic heterocycles. The minimum atomic E-state index is -3.67. The summed E-state index contributed by atoms with van der Waals surface area (Å²) in [6, 6.07) is 14.0. The highest BCUT2D eigenvalue weighted by molar-refractivity contribution is 7.92. The standard InChI is InChI=1S/C23H30N2O4S/c1-4-22(23(26)24-21-12-8-10-17-9-6-7-11-20(17)21)25(30(3,27)28)18-13-15-19(16-14-18)29-5-2/h6-7,9,11,13-16,21-22H,4-5,8,10,12H2,1-3H3,(H,24,26)/t21-,22-/m1/s1. The van der Waals surface area contributed by atoms with E-state index in [1.807, 2.05) is 32.0 Å². The molecule has 1 amide bonds. The molecule has 0 unspecified atom stereocenters. The number of hydrogen-bond donors (Lipinski definition) is 1. The van der Waals surface area contributed by atoms with Gasteiger partial charge in [-0.25, -0.2) is 8.42 Å². The summed E-state index contributed by atoms with van der Waals surface area (Å²) in [7, 11) is -3.67. The number of carbonyl (C=O) groups is 1. The van der Waals surface area contributed by atoms with E-state index in [9.17, 15) is 13.2 Å². The van der Waals surface area contributed by atoms with Crippen molar-refractivity contribution in [3.8, 4) is 5.75 Å². The molecule has 0 aromatic heterocycles. The van der Waals surface area contributed by atoms with E-state index in [-0.39, 0.29) is 11.9 Å². The molecule has 0 bridgehead atoms. The van der Waals surface area contributed by atoms with Gasteiger partial charge in [0.1, 0.15) is 11.8 Å². The third-order valence-electron chi connectivity index (χ3n) is 5.42. The number of anilines is 1. The Balaban J connectivity index is 1.86. The summed E-state index contributed by atoms with van der Waals surface area (Å²) in [5, 5.41) is 3.11. The van der Waals surface area contributed by atoms with Gasteiger partial charge in [0.25, 0.3) is 0 Å². The summed E-state index contributed by atoms with van der Waals surface area (Å²) in [5.74, 6) is 0.379. The Morgan fingerprint density at radius 3 is 2.50 bits per heavy atom. The van der Waals surface area contributed by atoms with E-state index in [0.717, 1.165) is 31.1 Å². The van der Waals surface area contributed by atoms with Gasteiger partial charge in [0.05, 0.1) is 24.6 Å². The summed E-state index contributed by atoms with van der Waals surface area (Å²) < 4.78 is 32.0. The predicted molar refractivity (Wildman–Crippen MR) is 119 cm³/mol. The fraction of sp³-hybridized carbons (Fsp3) is 0.435. The van der Waals surface area contributed by atoms with E-state index in [0.29, 0.717) is 24.5 Å². The normalized spacial score (nSPS) is 17.0. The van der Waals surface area contributed by atoms with Crippen molar-refractivity contribution in [3.05, 3.63) is 59.7 Å². The Labute approximate surface area is 179 Å². The van der Waals surface area contributed by atoms with Crippen LogP contribution in [-0.4, -0.2) is 33.2 Å². The number of amides is 1. The molecule has 0 spiro atoms. The highest BCUT2D eigenvalue weighted by Crippen LogP contribution is 2.30. The summed E-state index contributed by atoms with van der Waals surface area (Å²) in [6.07, 6.45) is 4.34. The largest absolute Gasteiger partial charge is 0.494 e. The molecule has 2 aromatic carbocycles. The summed E-state index contributed by atoms with van der Waals surface area (Å²) >= 11 is 0. The molecule has 30 heavy (non-hydrogen) atoms. The molecule has 0 fully saturated rings. The molecular weight excluding hydrogens is 400 g/mol. The number of nitrogens with one attached hydrogen (secondary N) is 1. The first-order valence-electron chi connectivity index (χ1n) is 10.5. The Hall–Kier alpha value is -2.54. The van der Waals surface area contributed by atoms with Crippen LogP contribution in [0, 0.1) is 0 Å². The van der Waals surface area contributed by atoms with Gasteiger partial charge >= 0.3 is 0 Å². The summed E-state index contributed by atoms with van der Waals surface area (Å²) in [4.78, 5) is 13.2. The quantitative estimate of drug-likeness (QED) is 0.691. The van der Waals surface area contributed by atoms with Crippen LogP contribution < -0.4 is 14.4 Å². The number of ether oxygens (including phenoxy) is 1. The van der Waals surface area contributed by atoms with Gasteiger partial charge in [-0.3, -0.25) is 9.10 Å². The SMILES string of the molecule is CCOc1ccc(N([C@H](CC)C(=O)N[C@@H]2CCCc3ccccc32)S(C)(=O)=O)cc1. The molecule has 2 atom stereocenters. The number of carbonyl (C=O) groups excluding carboxylic acids is 1. The van der Waals surface area contributed by atoms with Gasteiger partial charge in [-0.15, -0.1) is 0 Å². The minimum absolute atomic E-state index is 0.0989. The molecule has 1 aliphatic rings. The maximum Gasteiger partial charge on any atom is 0.244 e. The lowest BCUT2D eigenvalue weighted by Crippen LogP contribution is -2.50. The second-order valence-electron chi connectivity index (χ2n) is 7.56. The van der Waals surface area contributed by atoms with Crippen LogP contribution >= 0.6 is 0 Å². The summed E-state index contributed by atoms with van der Waals surface area (Å²) in [5.41, 5.74) is 2.82. The second kappa shape index (κ2) is 9.51. The van der Waals surface area contributed by atoms with Gasteiger partial charge in [-0.2, -0.15) is 0 Å². The zero-order chi connectivity index (χ0) is 21.7. The maximum atomic E-state index is 13.2. The van der Waals surface area contributed by atoms with E-state index in [1.54, 1.807) is 24.3 Å². The smallest absolute Gasteiger partial charge is 0.244 e. The fourth-order valence-corrected chi connectivity index (χ4v) is 5.30. The van der Waals surface area contributed by atoms with Gasteiger partial charge in [0, 0.05) is 0 Å². The Kier molecular flexibility index (Phi) is 7.02. The van der Waals surface area contributed by atoms with Gasteiger partial charge in [-0.05, 0) is 68.0 Å². The third-order valence-corrected chi connectivity index (χ3v) is 6.60. The van der Waals surface area contributed by atoms with Gasteiger partial charge in [0.15, 0.2) is 0 Å². The van der Waals surface area contributed by atoms with Crippen molar-refractivity contribution < 1.29 is 17.9 Å². The van der Waals surface area contributed by atoms with Crippen LogP contribution in [0.5, 0.6) is 5.75 Å². The van der Waals surface area contributed by atoms with Gasteiger partial charge in [0.2, 0.25) is 15.9 Å². The highest BCUT2D eigenvalue weighted by Gasteiger charge is 2.33. The molecule has 1 aliphatic carbocycles. The topological polar surface area (TPSA) is 75.7 Å². The van der Waals surface area contributed by atoms with Crippen molar-refractivity contribution >= 4 is 21.6 Å². The molecular formula is C23H30N2O4S. The van der Waals surface area contributed by atoms with Crippen molar-refractivity contribution in [2.75, 3.05) is 17.2 Å². The Morgan fingerprint density at radius 1 is 1.17 bits per heavy atom. The second-order valence-corrected chi connectivity index (χ2v) is 9.42. The molecule has 3 rings (SSSR count). The first-order chi connectivity index (χ1) is 14.3. The molecule has 1 N–H and O–H groups in total. The van der Waals surface area contributed by atoms with Crippen LogP contribution in [0.25, 0.3) is 0 Å². The molecule has 0 saturated heterocycles. The first-order valence-corrected chi connectivity index (χ1v) is 12.3. The van der Waals surface area contributed by atoms with Gasteiger partial charge < -0.3 is 10.1 Å². The Bertz CT molecular complexity index is 973. The molecule has 0 saturated carbocycles. The predicted octanol–water partition coefficient (Wildman–Crippen LogP) is 3.82. The van der Waals surface area contributed by atoms with Crippen LogP contribution in [0.1, 0.15) is 50.3 Å². The van der Waals surface area contributed by atoms with E-state index >= 15 is 0 Å². The molecule has 6 nitrogen and oxygen atoms in total. The monoisotopic (exact) mass is 430 g/mol. The lowest BCUT2D eigenvalue weighted by atomic mass is 9.87. The van der Waals surface area contributed by atoms with Gasteiger partial charge in [-0.1, -0.05) is 31.2 Å². The first kappa shape index (κ1) is 22.2. The molecule has 7 heteroatoms. The van der Waals surface area contributed by atoms with Crippen LogP contribution in [0.4, 0.5) is 5.69 Å². The number of hydrogen-bond acceptors (Lipinski definition) is 4. The number of rotatable bonds is 8. The number of fused-ring (bicyclic) bond motifs is 1. The van der Waals surface area contributed by atoms with Crippen LogP contribution in [0.3, 0.4) is 0 Å². The van der Waals surface area contributed by atoms with Crippen molar-refractivity contribution in [2.45, 2.75) is 51.6 Å². The number of sulfonamides is 1. The maximum absolute atomic E-state index is 13.2. The van der Waals surface area contributed by atoms with E-state index in [4.69, 9.17) is 4.74 Å². The zero-order valence-electron chi connectivity index (χ0n) is 17.8. The van der Waals surface area contributed by atoms with Crippen molar-refractivity contribution in [1.29, 1.82) is 0 Å². The minimum Gasteiger partial charge on any atom is -0.494 e. The molecule has 2 aromatic rings. The lowest BCUT2D eigenvalue weighted by molar-refractivity contribution is -0.123. The van der Waals surface area contributed by atoms with E-state index in [1.165, 1.54) is 9.87 Å². The molecule has 0 heterocycles. The van der Waals surface area contributed by atoms with E-state index in [2.05, 4.69) is 11.4 Å². The molecule has 162 valence electrons. The van der Waals surface area contributed by atoms with E-state index < -0.39 is 16.1 Å². The van der Waals surface area contributed by atoms with Crippen molar-refractivity contribution in [1.82, 2.24) is 5.32 Å². The number of benzene rings is 2. The number of aryl methyl sites for hydroxylation is 1. The Morgan fingerprint density at radius 2 is 1.87 bits per heavy atom. The van der Waals surface area contributed by atoms with Crippen molar-refractivity contribution in [2.24, 2.45) is 0 Å². The average Bonchev–Trinajstić information content (AvgIpc) is 2.72. The third kappa shape index (κ3) is 4.95. The lowest BCUT2D eigenvalue weighted by Gasteiger charge is -2.33. The fourth-order valence-electron chi connectivity index (χ4n) is 4.09. The molecule has 0 radical (unpaired) electrons. The average molecular weight is 431 g/mol. The highest BCUT2D eigenvalue weighted by atomic mass is 32.2. The summed E-state index contributed by atoms with van der Waals surface area (Å²) in [6.45, 7) is 4.24. The van der Waals surface area contributed by atoms with Crippen LogP contribution in [0.2, 0.25) is 0 Å². The van der Waals surface area contributed by atoms with Crippen LogP contribution in [0.15, 0.2) is 48.5 Å². The number of nitrogens with zero attached hydrogens (tertiary/aromatic N) is 1.